The number of fused-ring (bicyclic) bond motifs is 1. The van der Waals surface area contributed by atoms with Crippen molar-refractivity contribution in [2.75, 3.05) is 5.32 Å². The van der Waals surface area contributed by atoms with E-state index in [2.05, 4.69) is 28.2 Å². The van der Waals surface area contributed by atoms with Gasteiger partial charge >= 0.3 is 0 Å². The number of aromatic amines is 1. The molecule has 132 valence electrons. The van der Waals surface area contributed by atoms with Gasteiger partial charge in [0.15, 0.2) is 0 Å². The van der Waals surface area contributed by atoms with Gasteiger partial charge in [0.2, 0.25) is 5.91 Å². The zero-order valence-electron chi connectivity index (χ0n) is 14.7. The maximum Gasteiger partial charge on any atom is 0.224 e. The van der Waals surface area contributed by atoms with E-state index in [1.807, 2.05) is 66.2 Å². The fourth-order valence-corrected chi connectivity index (χ4v) is 3.54. The third-order valence-corrected chi connectivity index (χ3v) is 5.08. The van der Waals surface area contributed by atoms with Crippen molar-refractivity contribution < 1.29 is 4.79 Å². The predicted octanol–water partition coefficient (Wildman–Crippen LogP) is 5.20. The molecule has 4 heteroatoms. The Bertz CT molecular complexity index is 1130. The van der Waals surface area contributed by atoms with Gasteiger partial charge in [-0.05, 0) is 47.7 Å². The quantitative estimate of drug-likeness (QED) is 0.477. The lowest BCUT2D eigenvalue weighted by Gasteiger charge is -2.05. The lowest BCUT2D eigenvalue weighted by atomic mass is 10.1. The normalized spacial score (nSPS) is 10.4. The number of amides is 1. The summed E-state index contributed by atoms with van der Waals surface area (Å²) < 4.78 is 0. The second kappa shape index (κ2) is 7.94. The van der Waals surface area contributed by atoms with Crippen LogP contribution < -0.4 is 5.32 Å². The summed E-state index contributed by atoms with van der Waals surface area (Å²) in [5.74, 6) is 6.28. The topological polar surface area (TPSA) is 44.9 Å². The number of aromatic nitrogens is 1. The molecule has 2 aromatic heterocycles. The Morgan fingerprint density at radius 1 is 1.04 bits per heavy atom. The van der Waals surface area contributed by atoms with E-state index in [0.717, 1.165) is 27.2 Å². The average Bonchev–Trinajstić information content (AvgIpc) is 3.35. The molecule has 0 radical (unpaired) electrons. The molecule has 0 aliphatic rings. The monoisotopic (exact) mass is 370 g/mol. The second-order valence-corrected chi connectivity index (χ2v) is 7.16. The fourth-order valence-electron chi connectivity index (χ4n) is 2.97. The van der Waals surface area contributed by atoms with Gasteiger partial charge in [0, 0.05) is 34.8 Å². The number of rotatable bonds is 4. The van der Waals surface area contributed by atoms with E-state index in [9.17, 15) is 4.79 Å². The minimum atomic E-state index is 0.00338. The van der Waals surface area contributed by atoms with E-state index in [1.165, 1.54) is 5.39 Å². The van der Waals surface area contributed by atoms with Crippen LogP contribution in [0.5, 0.6) is 0 Å². The Kier molecular flexibility index (Phi) is 5.04. The summed E-state index contributed by atoms with van der Waals surface area (Å²) >= 11 is 1.62. The van der Waals surface area contributed by atoms with Crippen LogP contribution in [0.2, 0.25) is 0 Å². The van der Waals surface area contributed by atoms with E-state index < -0.39 is 0 Å². The zero-order valence-corrected chi connectivity index (χ0v) is 15.5. The Balaban J connectivity index is 1.39. The minimum absolute atomic E-state index is 0.00338. The van der Waals surface area contributed by atoms with Crippen molar-refractivity contribution in [2.24, 2.45) is 0 Å². The molecule has 2 aromatic carbocycles. The van der Waals surface area contributed by atoms with Crippen LogP contribution in [-0.2, 0) is 11.2 Å². The van der Waals surface area contributed by atoms with Gasteiger partial charge in [-0.3, -0.25) is 4.79 Å². The molecule has 0 unspecified atom stereocenters. The highest BCUT2D eigenvalue weighted by Crippen LogP contribution is 2.19. The van der Waals surface area contributed by atoms with Gasteiger partial charge in [0.25, 0.3) is 0 Å². The fraction of sp³-hybridized carbons (Fsp3) is 0.0870. The van der Waals surface area contributed by atoms with Gasteiger partial charge in [-0.15, -0.1) is 11.3 Å². The number of thiophene rings is 1. The van der Waals surface area contributed by atoms with Gasteiger partial charge < -0.3 is 10.3 Å². The smallest absolute Gasteiger partial charge is 0.224 e. The van der Waals surface area contributed by atoms with Crippen molar-refractivity contribution in [3.63, 3.8) is 0 Å². The molecule has 4 aromatic rings. The van der Waals surface area contributed by atoms with Crippen molar-refractivity contribution in [1.29, 1.82) is 0 Å². The first kappa shape index (κ1) is 17.1. The van der Waals surface area contributed by atoms with Gasteiger partial charge in [-0.2, -0.15) is 0 Å². The summed E-state index contributed by atoms with van der Waals surface area (Å²) in [5.41, 5.74) is 3.93. The molecular formula is C23H18N2OS. The Morgan fingerprint density at radius 3 is 2.85 bits per heavy atom. The molecule has 2 N–H and O–H groups in total. The van der Waals surface area contributed by atoms with Crippen molar-refractivity contribution in [1.82, 2.24) is 4.98 Å². The number of benzene rings is 2. The average molecular weight is 370 g/mol. The van der Waals surface area contributed by atoms with Crippen LogP contribution in [0.1, 0.15) is 22.4 Å². The molecule has 0 atom stereocenters. The van der Waals surface area contributed by atoms with Crippen molar-refractivity contribution in [3.05, 3.63) is 88.2 Å². The van der Waals surface area contributed by atoms with Crippen LogP contribution >= 0.6 is 11.3 Å². The first-order valence-electron chi connectivity index (χ1n) is 8.78. The summed E-state index contributed by atoms with van der Waals surface area (Å²) in [6.45, 7) is 0. The van der Waals surface area contributed by atoms with Crippen molar-refractivity contribution in [2.45, 2.75) is 12.8 Å². The van der Waals surface area contributed by atoms with E-state index in [0.29, 0.717) is 12.8 Å². The summed E-state index contributed by atoms with van der Waals surface area (Å²) in [6.07, 6.45) is 3.12. The van der Waals surface area contributed by atoms with E-state index in [1.54, 1.807) is 11.3 Å². The molecular weight excluding hydrogens is 352 g/mol. The molecule has 4 rings (SSSR count). The molecule has 2 heterocycles. The molecule has 27 heavy (non-hydrogen) atoms. The number of aryl methyl sites for hydroxylation is 1. The third kappa shape index (κ3) is 4.28. The maximum absolute atomic E-state index is 12.3. The van der Waals surface area contributed by atoms with E-state index in [-0.39, 0.29) is 5.91 Å². The van der Waals surface area contributed by atoms with E-state index in [4.69, 9.17) is 0 Å². The molecule has 0 fully saturated rings. The number of hydrogen-bond donors (Lipinski definition) is 2. The first-order valence-corrected chi connectivity index (χ1v) is 9.66. The van der Waals surface area contributed by atoms with Crippen LogP contribution in [0.3, 0.4) is 0 Å². The highest BCUT2D eigenvalue weighted by Gasteiger charge is 2.07. The summed E-state index contributed by atoms with van der Waals surface area (Å²) in [4.78, 5) is 16.6. The molecule has 0 saturated heterocycles. The lowest BCUT2D eigenvalue weighted by Crippen LogP contribution is -2.12. The summed E-state index contributed by atoms with van der Waals surface area (Å²) in [5, 5.41) is 6.16. The standard InChI is InChI=1S/C23H18N2OS/c26-23(13-11-18-16-24-22-9-2-1-8-21(18)22)25-19-6-3-5-17(15-19)10-12-20-7-4-14-27-20/h1-9,14-16,24H,11,13H2,(H,25,26). The minimum Gasteiger partial charge on any atom is -0.361 e. The largest absolute Gasteiger partial charge is 0.361 e. The number of para-hydroxylation sites is 1. The molecule has 0 spiro atoms. The van der Waals surface area contributed by atoms with E-state index >= 15 is 0 Å². The number of carbonyl (C=O) groups is 1. The van der Waals surface area contributed by atoms with Crippen LogP contribution in [0.25, 0.3) is 10.9 Å². The Labute approximate surface area is 162 Å². The highest BCUT2D eigenvalue weighted by molar-refractivity contribution is 7.10. The molecule has 3 nitrogen and oxygen atoms in total. The number of hydrogen-bond acceptors (Lipinski definition) is 2. The number of nitrogens with one attached hydrogen (secondary N) is 2. The third-order valence-electron chi connectivity index (χ3n) is 4.29. The van der Waals surface area contributed by atoms with Crippen LogP contribution in [0.4, 0.5) is 5.69 Å². The molecule has 1 amide bonds. The number of carbonyl (C=O) groups excluding carboxylic acids is 1. The summed E-state index contributed by atoms with van der Waals surface area (Å²) in [6, 6.07) is 19.8. The number of anilines is 1. The van der Waals surface area contributed by atoms with Crippen molar-refractivity contribution in [3.8, 4) is 11.8 Å². The lowest BCUT2D eigenvalue weighted by molar-refractivity contribution is -0.116. The highest BCUT2D eigenvalue weighted by atomic mass is 32.1. The zero-order chi connectivity index (χ0) is 18.5. The Morgan fingerprint density at radius 2 is 1.96 bits per heavy atom. The Hall–Kier alpha value is -3.29. The second-order valence-electron chi connectivity index (χ2n) is 6.22. The van der Waals surface area contributed by atoms with Gasteiger partial charge in [-0.25, -0.2) is 0 Å². The van der Waals surface area contributed by atoms with Gasteiger partial charge in [0.1, 0.15) is 0 Å². The molecule has 0 aliphatic heterocycles. The van der Waals surface area contributed by atoms with Crippen LogP contribution in [0, 0.1) is 11.8 Å². The molecule has 0 saturated carbocycles. The summed E-state index contributed by atoms with van der Waals surface area (Å²) in [7, 11) is 0. The van der Waals surface area contributed by atoms with Crippen molar-refractivity contribution >= 4 is 33.8 Å². The molecule has 0 aliphatic carbocycles. The molecule has 0 bridgehead atoms. The maximum atomic E-state index is 12.3. The van der Waals surface area contributed by atoms with Gasteiger partial charge in [0.05, 0.1) is 4.88 Å². The van der Waals surface area contributed by atoms with Crippen LogP contribution in [-0.4, -0.2) is 10.9 Å². The SMILES string of the molecule is O=C(CCc1c[nH]c2ccccc12)Nc1cccc(C#Cc2cccs2)c1. The van der Waals surface area contributed by atoms with Gasteiger partial charge in [-0.1, -0.05) is 42.2 Å². The number of H-pyrrole nitrogens is 1. The first-order chi connectivity index (χ1) is 13.3. The van der Waals surface area contributed by atoms with Crippen LogP contribution in [0.15, 0.2) is 72.2 Å². The predicted molar refractivity (Wildman–Crippen MR) is 112 cm³/mol.